The lowest BCUT2D eigenvalue weighted by molar-refractivity contribution is 1.47. The molecule has 0 heterocycles. The number of hydrogen-bond donors (Lipinski definition) is 1. The van der Waals surface area contributed by atoms with E-state index < -0.39 is 4.44 Å². The smallest absolute Gasteiger partial charge is 0.0941 e. The van der Waals surface area contributed by atoms with Gasteiger partial charge in [-0.1, -0.05) is 83.1 Å². The van der Waals surface area contributed by atoms with Gasteiger partial charge in [0.15, 0.2) is 0 Å². The molecule has 2 N–H and O–H groups in total. The van der Waals surface area contributed by atoms with Crippen molar-refractivity contribution in [1.29, 1.82) is 0 Å². The molecule has 3 rings (SSSR count). The molecule has 0 spiro atoms. The predicted molar refractivity (Wildman–Crippen MR) is 109 cm³/mol. The highest BCUT2D eigenvalue weighted by Crippen LogP contribution is 2.72. The molecule has 0 aliphatic heterocycles. The molecule has 0 saturated heterocycles. The summed E-state index contributed by atoms with van der Waals surface area (Å²) in [7, 11) is 0. The van der Waals surface area contributed by atoms with E-state index in [1.165, 1.54) is 10.2 Å². The Labute approximate surface area is 150 Å². The maximum absolute atomic E-state index is 6.17. The number of rotatable bonds is 5. The quantitative estimate of drug-likeness (QED) is 0.452. The van der Waals surface area contributed by atoms with Gasteiger partial charge in [0.25, 0.3) is 0 Å². The second kappa shape index (κ2) is 7.59. The molecule has 3 aromatic carbocycles. The molecule has 1 nitrogen and oxygen atoms in total. The molecular formula is C18H16NPS3. The van der Waals surface area contributed by atoms with Gasteiger partial charge in [0.05, 0.1) is 4.44 Å². The predicted octanol–water partition coefficient (Wildman–Crippen LogP) is 5.79. The van der Waals surface area contributed by atoms with Crippen molar-refractivity contribution in [3.05, 3.63) is 84.9 Å². The highest BCUT2D eigenvalue weighted by molar-refractivity contribution is 9.02. The van der Waals surface area contributed by atoms with Crippen LogP contribution in [-0.4, -0.2) is 0 Å². The van der Waals surface area contributed by atoms with Crippen molar-refractivity contribution < 1.29 is 0 Å². The van der Waals surface area contributed by atoms with Crippen LogP contribution in [0.5, 0.6) is 0 Å². The summed E-state index contributed by atoms with van der Waals surface area (Å²) in [4.78, 5) is 2.37. The molecule has 5 heteroatoms. The van der Waals surface area contributed by atoms with Crippen molar-refractivity contribution in [3.63, 3.8) is 0 Å². The van der Waals surface area contributed by atoms with Crippen molar-refractivity contribution in [1.82, 2.24) is 0 Å². The maximum Gasteiger partial charge on any atom is 0.0941 e. The minimum atomic E-state index is -1.90. The van der Waals surface area contributed by atoms with Gasteiger partial charge < -0.3 is 5.73 Å². The summed E-state index contributed by atoms with van der Waals surface area (Å²) in [6, 6.07) is 28.8. The lowest BCUT2D eigenvalue weighted by atomic mass is 10.3. The zero-order valence-electron chi connectivity index (χ0n) is 12.3. The molecule has 23 heavy (non-hydrogen) atoms. The van der Waals surface area contributed by atoms with Crippen LogP contribution in [0.25, 0.3) is 0 Å². The van der Waals surface area contributed by atoms with Gasteiger partial charge in [-0.3, -0.25) is 0 Å². The third kappa shape index (κ3) is 4.42. The van der Waals surface area contributed by atoms with Crippen LogP contribution in [0.4, 0.5) is 5.69 Å². The third-order valence-electron chi connectivity index (χ3n) is 3.15. The van der Waals surface area contributed by atoms with E-state index in [0.717, 1.165) is 10.6 Å². The third-order valence-corrected chi connectivity index (χ3v) is 12.8. The van der Waals surface area contributed by atoms with Crippen molar-refractivity contribution in [3.8, 4) is 0 Å². The fourth-order valence-corrected chi connectivity index (χ4v) is 11.6. The van der Waals surface area contributed by atoms with E-state index in [-0.39, 0.29) is 0 Å². The largest absolute Gasteiger partial charge is 0.399 e. The van der Waals surface area contributed by atoms with Gasteiger partial charge in [-0.25, -0.2) is 0 Å². The number of hydrogen-bond acceptors (Lipinski definition) is 4. The summed E-state index contributed by atoms with van der Waals surface area (Å²) >= 11 is 9.75. The van der Waals surface area contributed by atoms with Gasteiger partial charge in [-0.05, 0) is 36.4 Å². The first-order valence-corrected chi connectivity index (χ1v) is 12.8. The standard InChI is InChI=1S/C18H16NPS3/c19-15-11-13-18(14-12-15)23-20(21,16-7-3-1-4-8-16)22-17-9-5-2-6-10-17/h1-14H,19H2. The van der Waals surface area contributed by atoms with E-state index in [2.05, 4.69) is 60.7 Å². The first-order chi connectivity index (χ1) is 11.2. The SMILES string of the molecule is Nc1ccc(SP(=S)(Sc2ccccc2)c2ccccc2)cc1. The van der Waals surface area contributed by atoms with E-state index in [1.807, 2.05) is 24.3 Å². The van der Waals surface area contributed by atoms with Gasteiger partial charge >= 0.3 is 0 Å². The Bertz CT molecular complexity index is 805. The normalized spacial score (nSPS) is 13.4. The van der Waals surface area contributed by atoms with Crippen molar-refractivity contribution >= 4 is 50.0 Å². The summed E-state index contributed by atoms with van der Waals surface area (Å²) in [5, 5.41) is 1.23. The second-order valence-corrected chi connectivity index (χ2v) is 15.8. The topological polar surface area (TPSA) is 26.0 Å². The van der Waals surface area contributed by atoms with E-state index >= 15 is 0 Å². The van der Waals surface area contributed by atoms with Gasteiger partial charge in [0, 0.05) is 20.8 Å². The Morgan fingerprint density at radius 2 is 1.13 bits per heavy atom. The second-order valence-electron chi connectivity index (χ2n) is 4.90. The molecule has 0 aromatic heterocycles. The molecule has 0 saturated carbocycles. The van der Waals surface area contributed by atoms with Gasteiger partial charge in [-0.2, -0.15) is 0 Å². The minimum Gasteiger partial charge on any atom is -0.399 e. The summed E-state index contributed by atoms with van der Waals surface area (Å²) < 4.78 is -1.90. The van der Waals surface area contributed by atoms with Crippen LogP contribution < -0.4 is 11.0 Å². The Morgan fingerprint density at radius 3 is 1.70 bits per heavy atom. The van der Waals surface area contributed by atoms with Crippen molar-refractivity contribution in [2.24, 2.45) is 0 Å². The fourth-order valence-electron chi connectivity index (χ4n) is 2.02. The molecule has 0 radical (unpaired) electrons. The zero-order chi connectivity index (χ0) is 16.1. The van der Waals surface area contributed by atoms with E-state index in [4.69, 9.17) is 17.5 Å². The number of anilines is 1. The Balaban J connectivity index is 1.96. The molecule has 0 aliphatic carbocycles. The van der Waals surface area contributed by atoms with Crippen LogP contribution in [-0.2, 0) is 11.8 Å². The highest BCUT2D eigenvalue weighted by Gasteiger charge is 2.23. The Kier molecular flexibility index (Phi) is 5.50. The van der Waals surface area contributed by atoms with Crippen LogP contribution in [0.3, 0.4) is 0 Å². The van der Waals surface area contributed by atoms with Crippen LogP contribution >= 0.6 is 27.2 Å². The lowest BCUT2D eigenvalue weighted by Crippen LogP contribution is -1.98. The molecule has 0 fully saturated rings. The molecule has 116 valence electrons. The van der Waals surface area contributed by atoms with Gasteiger partial charge in [0.1, 0.15) is 0 Å². The summed E-state index contributed by atoms with van der Waals surface area (Å²) in [6.07, 6.45) is 0. The van der Waals surface area contributed by atoms with Crippen molar-refractivity contribution in [2.45, 2.75) is 9.79 Å². The monoisotopic (exact) mass is 373 g/mol. The zero-order valence-corrected chi connectivity index (χ0v) is 15.7. The molecule has 1 atom stereocenters. The van der Waals surface area contributed by atoms with Gasteiger partial charge in [0.2, 0.25) is 0 Å². The lowest BCUT2D eigenvalue weighted by Gasteiger charge is -2.21. The molecule has 3 aromatic rings. The number of nitrogen functional groups attached to an aromatic ring is 1. The molecule has 0 amide bonds. The number of nitrogens with two attached hydrogens (primary N) is 1. The highest BCUT2D eigenvalue weighted by atomic mass is 33.2. The molecule has 0 aliphatic rings. The summed E-state index contributed by atoms with van der Waals surface area (Å²) in [5.41, 5.74) is 6.57. The Hall–Kier alpha value is -1.19. The van der Waals surface area contributed by atoms with Crippen LogP contribution in [0, 0.1) is 0 Å². The number of benzene rings is 3. The fraction of sp³-hybridized carbons (Fsp3) is 0. The van der Waals surface area contributed by atoms with Crippen LogP contribution in [0.15, 0.2) is 94.7 Å². The summed E-state index contributed by atoms with van der Waals surface area (Å²) in [6.45, 7) is 0. The molecule has 0 bridgehead atoms. The minimum absolute atomic E-state index is 0.776. The molecule has 1 unspecified atom stereocenters. The Morgan fingerprint density at radius 1 is 0.652 bits per heavy atom. The van der Waals surface area contributed by atoms with Gasteiger partial charge in [-0.15, -0.1) is 0 Å². The summed E-state index contributed by atoms with van der Waals surface area (Å²) in [5.74, 6) is 0. The van der Waals surface area contributed by atoms with Crippen LogP contribution in [0.2, 0.25) is 0 Å². The van der Waals surface area contributed by atoms with Crippen LogP contribution in [0.1, 0.15) is 0 Å². The first kappa shape index (κ1) is 16.7. The average molecular weight is 374 g/mol. The van der Waals surface area contributed by atoms with Crippen molar-refractivity contribution in [2.75, 3.05) is 5.73 Å². The van der Waals surface area contributed by atoms with E-state index in [9.17, 15) is 0 Å². The average Bonchev–Trinajstić information content (AvgIpc) is 2.59. The first-order valence-electron chi connectivity index (χ1n) is 7.11. The maximum atomic E-state index is 6.17. The molecular weight excluding hydrogens is 357 g/mol. The van der Waals surface area contributed by atoms with E-state index in [1.54, 1.807) is 22.8 Å². The van der Waals surface area contributed by atoms with E-state index in [0.29, 0.717) is 0 Å².